The first kappa shape index (κ1) is 28.9. The van der Waals surface area contributed by atoms with E-state index in [2.05, 4.69) is 27.5 Å². The Bertz CT molecular complexity index is 1510. The summed E-state index contributed by atoms with van der Waals surface area (Å²) in [4.78, 5) is 6.30. The second-order valence-electron chi connectivity index (χ2n) is 9.41. The minimum absolute atomic E-state index is 0.0711. The van der Waals surface area contributed by atoms with Crippen molar-refractivity contribution in [3.63, 3.8) is 0 Å². The number of aromatic nitrogens is 1. The Hall–Kier alpha value is -3.08. The monoisotopic (exact) mass is 583 g/mol. The molecule has 1 aliphatic rings. The molecule has 3 N–H and O–H groups in total. The van der Waals surface area contributed by atoms with Gasteiger partial charge in [0.15, 0.2) is 0 Å². The second-order valence-corrected chi connectivity index (χ2v) is 12.5. The van der Waals surface area contributed by atoms with Gasteiger partial charge in [0.05, 0.1) is 56.8 Å². The molecule has 3 atom stereocenters. The molecule has 13 heteroatoms. The summed E-state index contributed by atoms with van der Waals surface area (Å²) in [7, 11) is 0.208. The number of hydrogen-bond acceptors (Lipinski definition) is 8. The molecule has 4 rings (SSSR count). The number of piperidine rings is 1. The fourth-order valence-corrected chi connectivity index (χ4v) is 6.13. The smallest absolute Gasteiger partial charge is 0.393 e. The van der Waals surface area contributed by atoms with Gasteiger partial charge >= 0.3 is 6.18 Å². The minimum Gasteiger partial charge on any atom is -0.479 e. The predicted molar refractivity (Wildman–Crippen MR) is 147 cm³/mol. The Morgan fingerprint density at radius 3 is 2.72 bits per heavy atom. The summed E-state index contributed by atoms with van der Waals surface area (Å²) in [6.45, 7) is 1.10. The number of benzene rings is 1. The van der Waals surface area contributed by atoms with Crippen molar-refractivity contribution in [3.05, 3.63) is 40.8 Å². The fourth-order valence-electron chi connectivity index (χ4n) is 4.37. The average Bonchev–Trinajstić information content (AvgIpc) is 3.19. The highest BCUT2D eigenvalue weighted by molar-refractivity contribution is 7.91. The first-order chi connectivity index (χ1) is 18.4. The van der Waals surface area contributed by atoms with Crippen LogP contribution in [-0.2, 0) is 16.1 Å². The highest BCUT2D eigenvalue weighted by atomic mass is 32.2. The molecular formula is C26H29F4N5O2S2. The highest BCUT2D eigenvalue weighted by Gasteiger charge is 2.32. The van der Waals surface area contributed by atoms with E-state index in [4.69, 9.17) is 9.52 Å². The molecule has 0 aliphatic carbocycles. The van der Waals surface area contributed by atoms with Crippen LogP contribution in [0.3, 0.4) is 0 Å². The number of rotatable bonds is 7. The maximum absolute atomic E-state index is 14.7. The molecule has 0 radical (unpaired) electrons. The third-order valence-electron chi connectivity index (χ3n) is 6.28. The number of nitrogens with one attached hydrogen (secondary N) is 3. The van der Waals surface area contributed by atoms with Crippen LogP contribution in [0.5, 0.6) is 5.88 Å². The molecule has 3 aromatic rings. The number of nitrogens with zero attached hydrogens (tertiary/aromatic N) is 2. The summed E-state index contributed by atoms with van der Waals surface area (Å²) in [5.41, 5.74) is 1.13. The molecule has 0 bridgehead atoms. The Morgan fingerprint density at radius 1 is 1.28 bits per heavy atom. The fraction of sp³-hybridized carbons (Fsp3) is 0.423. The van der Waals surface area contributed by atoms with E-state index in [-0.39, 0.29) is 23.0 Å². The Kier molecular flexibility index (Phi) is 8.58. The van der Waals surface area contributed by atoms with Crippen molar-refractivity contribution in [3.8, 4) is 17.7 Å². The molecule has 2 aromatic heterocycles. The Morgan fingerprint density at radius 2 is 2.05 bits per heavy atom. The van der Waals surface area contributed by atoms with Gasteiger partial charge in [-0.2, -0.15) is 13.2 Å². The number of thiophene rings is 1. The number of fused-ring (bicyclic) bond motifs is 1. The molecule has 1 aromatic carbocycles. The first-order valence-electron chi connectivity index (χ1n) is 12.1. The van der Waals surface area contributed by atoms with Crippen molar-refractivity contribution in [2.45, 2.75) is 36.3 Å². The lowest BCUT2D eigenvalue weighted by Gasteiger charge is -2.33. The van der Waals surface area contributed by atoms with E-state index >= 15 is 0 Å². The topological polar surface area (TPSA) is 90.3 Å². The molecule has 0 amide bonds. The third kappa shape index (κ3) is 7.12. The van der Waals surface area contributed by atoms with E-state index in [1.54, 1.807) is 24.3 Å². The zero-order chi connectivity index (χ0) is 28.4. The summed E-state index contributed by atoms with van der Waals surface area (Å²) in [5, 5.41) is 6.74. The highest BCUT2D eigenvalue weighted by Crippen LogP contribution is 2.39. The van der Waals surface area contributed by atoms with Gasteiger partial charge in [-0.25, -0.2) is 18.4 Å². The Labute approximate surface area is 228 Å². The zero-order valence-electron chi connectivity index (χ0n) is 21.6. The molecule has 210 valence electrons. The summed E-state index contributed by atoms with van der Waals surface area (Å²) < 4.78 is 80.7. The van der Waals surface area contributed by atoms with E-state index in [1.807, 2.05) is 11.9 Å². The predicted octanol–water partition coefficient (Wildman–Crippen LogP) is 5.36. The number of hydrogen-bond donors (Lipinski definition) is 3. The normalized spacial score (nSPS) is 19.7. The van der Waals surface area contributed by atoms with Crippen molar-refractivity contribution < 1.29 is 26.5 Å². The number of halogens is 4. The number of ether oxygens (including phenoxy) is 1. The van der Waals surface area contributed by atoms with Gasteiger partial charge < -0.3 is 20.3 Å². The maximum atomic E-state index is 14.7. The van der Waals surface area contributed by atoms with Crippen molar-refractivity contribution in [2.75, 3.05) is 50.7 Å². The SMILES string of the molecule is COc1nc([S@](C)(=N)=O)ccc1NCC#Cc1sc2c(NC3CCN(C)CC3F)cccc2c1CC(F)(F)F. The van der Waals surface area contributed by atoms with E-state index < -0.39 is 34.5 Å². The molecule has 3 heterocycles. The third-order valence-corrected chi connectivity index (χ3v) is 8.50. The lowest BCUT2D eigenvalue weighted by molar-refractivity contribution is -0.126. The molecule has 1 fully saturated rings. The summed E-state index contributed by atoms with van der Waals surface area (Å²) in [6.07, 6.45) is -4.81. The molecular weight excluding hydrogens is 554 g/mol. The van der Waals surface area contributed by atoms with Crippen LogP contribution in [0.4, 0.5) is 28.9 Å². The van der Waals surface area contributed by atoms with Gasteiger partial charge in [0, 0.05) is 19.3 Å². The van der Waals surface area contributed by atoms with E-state index in [9.17, 15) is 21.8 Å². The van der Waals surface area contributed by atoms with Crippen LogP contribution in [0.2, 0.25) is 0 Å². The molecule has 7 nitrogen and oxygen atoms in total. The van der Waals surface area contributed by atoms with Crippen molar-refractivity contribution in [1.82, 2.24) is 9.88 Å². The maximum Gasteiger partial charge on any atom is 0.393 e. The van der Waals surface area contributed by atoms with Gasteiger partial charge in [0.25, 0.3) is 0 Å². The van der Waals surface area contributed by atoms with Crippen LogP contribution in [-0.4, -0.2) is 72.5 Å². The largest absolute Gasteiger partial charge is 0.479 e. The zero-order valence-corrected chi connectivity index (χ0v) is 23.2. The number of pyridine rings is 1. The quantitative estimate of drug-likeness (QED) is 0.256. The summed E-state index contributed by atoms with van der Waals surface area (Å²) in [5.74, 6) is 5.87. The molecule has 0 spiro atoms. The lowest BCUT2D eigenvalue weighted by Crippen LogP contribution is -2.46. The standard InChI is InChI=1S/C26H29F4N5O2S2/c1-35-13-11-19(18(27)15-35)33-20-7-4-6-16-17(14-26(28,29)30)22(38-24(16)20)8-5-12-32-21-9-10-23(39(3,31)36)34-25(21)37-2/h4,6-7,9-10,18-19,31-33H,11-15H2,1-3H3/t18?,19?,39-/m1/s1. The minimum atomic E-state index is -4.43. The molecule has 39 heavy (non-hydrogen) atoms. The lowest BCUT2D eigenvalue weighted by atomic mass is 10.0. The van der Waals surface area contributed by atoms with Crippen LogP contribution in [0, 0.1) is 16.6 Å². The number of anilines is 2. The van der Waals surface area contributed by atoms with Crippen LogP contribution >= 0.6 is 11.3 Å². The molecule has 1 aliphatic heterocycles. The van der Waals surface area contributed by atoms with Crippen LogP contribution in [0.1, 0.15) is 16.9 Å². The Balaban J connectivity index is 1.61. The molecule has 1 saturated heterocycles. The van der Waals surface area contributed by atoms with Crippen molar-refractivity contribution >= 4 is 42.5 Å². The van der Waals surface area contributed by atoms with Crippen molar-refractivity contribution in [2.24, 2.45) is 0 Å². The van der Waals surface area contributed by atoms with Gasteiger partial charge in [0.2, 0.25) is 5.88 Å². The van der Waals surface area contributed by atoms with Gasteiger partial charge in [-0.15, -0.1) is 11.3 Å². The van der Waals surface area contributed by atoms with Gasteiger partial charge in [0.1, 0.15) is 11.2 Å². The van der Waals surface area contributed by atoms with Crippen LogP contribution in [0.25, 0.3) is 10.1 Å². The van der Waals surface area contributed by atoms with E-state index in [1.165, 1.54) is 19.4 Å². The number of likely N-dealkylation sites (tertiary alicyclic amines) is 1. The van der Waals surface area contributed by atoms with Crippen molar-refractivity contribution in [1.29, 1.82) is 4.78 Å². The van der Waals surface area contributed by atoms with E-state index in [0.29, 0.717) is 39.3 Å². The number of alkyl halides is 4. The van der Waals surface area contributed by atoms with Gasteiger partial charge in [-0.1, -0.05) is 24.0 Å². The van der Waals surface area contributed by atoms with Gasteiger partial charge in [-0.05, 0) is 42.6 Å². The van der Waals surface area contributed by atoms with Crippen LogP contribution in [0.15, 0.2) is 35.4 Å². The second kappa shape index (κ2) is 11.6. The van der Waals surface area contributed by atoms with E-state index in [0.717, 1.165) is 17.9 Å². The van der Waals surface area contributed by atoms with Gasteiger partial charge in [-0.3, -0.25) is 0 Å². The summed E-state index contributed by atoms with van der Waals surface area (Å²) >= 11 is 1.15. The summed E-state index contributed by atoms with van der Waals surface area (Å²) in [6, 6.07) is 7.65. The first-order valence-corrected chi connectivity index (χ1v) is 14.9. The average molecular weight is 584 g/mol. The molecule has 0 saturated carbocycles. The number of methoxy groups -OCH3 is 1. The molecule has 2 unspecified atom stereocenters. The van der Waals surface area contributed by atoms with Crippen LogP contribution < -0.4 is 15.4 Å².